The molecular formula is C6H5ClF2N2O3S. The van der Waals surface area contributed by atoms with Crippen LogP contribution in [0.1, 0.15) is 12.0 Å². The molecule has 0 aliphatic heterocycles. The van der Waals surface area contributed by atoms with E-state index in [2.05, 4.69) is 0 Å². The molecule has 0 saturated heterocycles. The number of H-pyrrole nitrogens is 1. The number of aromatic nitrogens is 1. The molecule has 15 heavy (non-hydrogen) atoms. The summed E-state index contributed by atoms with van der Waals surface area (Å²) in [4.78, 5) is 13.1. The lowest BCUT2D eigenvalue weighted by molar-refractivity contribution is 0.149. The Kier molecular flexibility index (Phi) is 3.00. The second-order valence-corrected chi connectivity index (χ2v) is 5.06. The molecule has 1 aromatic heterocycles. The topological polar surface area (TPSA) is 93.0 Å². The number of halogens is 3. The number of nitrogen functional groups attached to an aromatic ring is 1. The summed E-state index contributed by atoms with van der Waals surface area (Å²) in [5.74, 6) is 0. The maximum atomic E-state index is 12.2. The van der Waals surface area contributed by atoms with Crippen molar-refractivity contribution in [3.8, 4) is 0 Å². The van der Waals surface area contributed by atoms with Crippen molar-refractivity contribution in [3.63, 3.8) is 0 Å². The minimum atomic E-state index is -4.25. The van der Waals surface area contributed by atoms with Crippen LogP contribution in [0.2, 0.25) is 0 Å². The number of nitrogens with two attached hydrogens (primary N) is 1. The van der Waals surface area contributed by atoms with Gasteiger partial charge < -0.3 is 10.7 Å². The monoisotopic (exact) mass is 258 g/mol. The van der Waals surface area contributed by atoms with Gasteiger partial charge >= 0.3 is 0 Å². The maximum absolute atomic E-state index is 12.2. The zero-order chi connectivity index (χ0) is 11.8. The first-order valence-corrected chi connectivity index (χ1v) is 5.80. The minimum Gasteiger partial charge on any atom is -0.393 e. The number of hydrogen-bond acceptors (Lipinski definition) is 4. The number of nitrogens with one attached hydrogen (secondary N) is 1. The third-order valence-corrected chi connectivity index (χ3v) is 2.88. The minimum absolute atomic E-state index is 0.568. The molecular weight excluding hydrogens is 254 g/mol. The van der Waals surface area contributed by atoms with Gasteiger partial charge in [0.15, 0.2) is 5.03 Å². The Morgan fingerprint density at radius 3 is 2.40 bits per heavy atom. The van der Waals surface area contributed by atoms with Crippen molar-refractivity contribution < 1.29 is 17.2 Å². The smallest absolute Gasteiger partial charge is 0.278 e. The average Bonchev–Trinajstić information content (AvgIpc) is 2.06. The second-order valence-electron chi connectivity index (χ2n) is 2.55. The van der Waals surface area contributed by atoms with E-state index in [1.165, 1.54) is 0 Å². The summed E-state index contributed by atoms with van der Waals surface area (Å²) in [6.45, 7) is 0. The standard InChI is InChI=1S/C6H5ClF2N2O3S/c7-15(13,14)6-3(10)4(12)2(1-11-6)5(8)9/h1,5H,10H2,(H,11,12). The van der Waals surface area contributed by atoms with Gasteiger partial charge in [0.05, 0.1) is 5.56 Å². The van der Waals surface area contributed by atoms with Gasteiger partial charge in [0, 0.05) is 16.9 Å². The van der Waals surface area contributed by atoms with Gasteiger partial charge in [0.25, 0.3) is 15.5 Å². The Morgan fingerprint density at radius 1 is 1.47 bits per heavy atom. The lowest BCUT2D eigenvalue weighted by Gasteiger charge is -2.04. The SMILES string of the molecule is Nc1c(S(=O)(=O)Cl)[nH]cc(C(F)F)c1=O. The van der Waals surface area contributed by atoms with Crippen LogP contribution in [0.4, 0.5) is 14.5 Å². The molecule has 9 heteroatoms. The summed E-state index contributed by atoms with van der Waals surface area (Å²) in [6.07, 6.45) is -2.47. The van der Waals surface area contributed by atoms with Gasteiger partial charge in [-0.1, -0.05) is 0 Å². The summed E-state index contributed by atoms with van der Waals surface area (Å²) < 4.78 is 46.0. The predicted molar refractivity (Wildman–Crippen MR) is 49.5 cm³/mol. The number of alkyl halides is 2. The predicted octanol–water partition coefficient (Wildman–Crippen LogP) is 0.822. The maximum Gasteiger partial charge on any atom is 0.278 e. The average molecular weight is 259 g/mol. The second kappa shape index (κ2) is 3.78. The van der Waals surface area contributed by atoms with Crippen molar-refractivity contribution in [1.82, 2.24) is 4.98 Å². The van der Waals surface area contributed by atoms with Gasteiger partial charge in [-0.15, -0.1) is 0 Å². The fraction of sp³-hybridized carbons (Fsp3) is 0.167. The van der Waals surface area contributed by atoms with Gasteiger partial charge in [-0.3, -0.25) is 4.79 Å². The number of rotatable bonds is 2. The van der Waals surface area contributed by atoms with Crippen LogP contribution >= 0.6 is 10.7 Å². The molecule has 0 amide bonds. The fourth-order valence-corrected chi connectivity index (χ4v) is 1.85. The molecule has 84 valence electrons. The first-order valence-electron chi connectivity index (χ1n) is 3.49. The van der Waals surface area contributed by atoms with E-state index in [1.807, 2.05) is 4.98 Å². The lowest BCUT2D eigenvalue weighted by Crippen LogP contribution is -2.18. The van der Waals surface area contributed by atoms with E-state index in [4.69, 9.17) is 16.4 Å². The Balaban J connectivity index is 3.56. The summed E-state index contributed by atoms with van der Waals surface area (Å²) in [5.41, 5.74) is 2.07. The van der Waals surface area contributed by atoms with Crippen molar-refractivity contribution in [1.29, 1.82) is 0 Å². The Bertz CT molecular complexity index is 540. The van der Waals surface area contributed by atoms with Crippen LogP contribution in [-0.4, -0.2) is 13.4 Å². The largest absolute Gasteiger partial charge is 0.393 e. The molecule has 3 N–H and O–H groups in total. The van der Waals surface area contributed by atoms with E-state index in [1.54, 1.807) is 0 Å². The highest BCUT2D eigenvalue weighted by molar-refractivity contribution is 8.13. The molecule has 5 nitrogen and oxygen atoms in total. The van der Waals surface area contributed by atoms with Gasteiger partial charge in [0.1, 0.15) is 5.69 Å². The molecule has 0 bridgehead atoms. The Labute approximate surface area is 87.3 Å². The highest BCUT2D eigenvalue weighted by Crippen LogP contribution is 2.20. The van der Waals surface area contributed by atoms with E-state index in [9.17, 15) is 22.0 Å². The fourth-order valence-electron chi connectivity index (χ4n) is 0.909. The summed E-state index contributed by atoms with van der Waals surface area (Å²) in [6, 6.07) is 0. The molecule has 1 heterocycles. The van der Waals surface area contributed by atoms with Gasteiger partial charge in [-0.2, -0.15) is 0 Å². The van der Waals surface area contributed by atoms with Crippen molar-refractivity contribution in [2.24, 2.45) is 0 Å². The quantitative estimate of drug-likeness (QED) is 0.768. The highest BCUT2D eigenvalue weighted by atomic mass is 35.7. The zero-order valence-corrected chi connectivity index (χ0v) is 8.57. The molecule has 0 aliphatic carbocycles. The Hall–Kier alpha value is -1.15. The van der Waals surface area contributed by atoms with E-state index in [0.717, 1.165) is 0 Å². The van der Waals surface area contributed by atoms with Gasteiger partial charge in [-0.05, 0) is 0 Å². The van der Waals surface area contributed by atoms with Crippen LogP contribution in [0.3, 0.4) is 0 Å². The number of hydrogen-bond donors (Lipinski definition) is 2. The molecule has 1 rings (SSSR count). The molecule has 0 atom stereocenters. The van der Waals surface area contributed by atoms with Crippen LogP contribution < -0.4 is 11.2 Å². The molecule has 0 aliphatic rings. The van der Waals surface area contributed by atoms with E-state index >= 15 is 0 Å². The molecule has 0 radical (unpaired) electrons. The van der Waals surface area contributed by atoms with E-state index in [-0.39, 0.29) is 0 Å². The van der Waals surface area contributed by atoms with E-state index in [0.29, 0.717) is 6.20 Å². The van der Waals surface area contributed by atoms with Gasteiger partial charge in [-0.25, -0.2) is 17.2 Å². The summed E-state index contributed by atoms with van der Waals surface area (Å²) in [7, 11) is 0.651. The Morgan fingerprint density at radius 2 is 2.00 bits per heavy atom. The first kappa shape index (κ1) is 11.9. The third kappa shape index (κ3) is 2.26. The molecule has 0 spiro atoms. The first-order chi connectivity index (χ1) is 6.75. The van der Waals surface area contributed by atoms with Crippen molar-refractivity contribution >= 4 is 25.4 Å². The number of aromatic amines is 1. The van der Waals surface area contributed by atoms with Crippen molar-refractivity contribution in [2.45, 2.75) is 11.5 Å². The number of pyridine rings is 1. The van der Waals surface area contributed by atoms with Crippen LogP contribution in [-0.2, 0) is 9.05 Å². The van der Waals surface area contributed by atoms with Crippen LogP contribution in [0.25, 0.3) is 0 Å². The zero-order valence-electron chi connectivity index (χ0n) is 7.00. The van der Waals surface area contributed by atoms with Crippen LogP contribution in [0.15, 0.2) is 16.0 Å². The van der Waals surface area contributed by atoms with Crippen LogP contribution in [0, 0.1) is 0 Å². The molecule has 0 fully saturated rings. The number of anilines is 1. The summed E-state index contributed by atoms with van der Waals surface area (Å²) in [5, 5.41) is -0.779. The van der Waals surface area contributed by atoms with Crippen molar-refractivity contribution in [3.05, 3.63) is 22.0 Å². The molecule has 0 aromatic carbocycles. The normalized spacial score (nSPS) is 12.0. The lowest BCUT2D eigenvalue weighted by atomic mass is 10.2. The van der Waals surface area contributed by atoms with Gasteiger partial charge in [0.2, 0.25) is 5.43 Å². The van der Waals surface area contributed by atoms with Crippen LogP contribution in [0.5, 0.6) is 0 Å². The molecule has 1 aromatic rings. The molecule has 0 saturated carbocycles. The summed E-state index contributed by atoms with van der Waals surface area (Å²) >= 11 is 0. The third-order valence-electron chi connectivity index (χ3n) is 1.59. The molecule has 0 unspecified atom stereocenters. The van der Waals surface area contributed by atoms with Crippen molar-refractivity contribution in [2.75, 3.05) is 5.73 Å². The highest BCUT2D eigenvalue weighted by Gasteiger charge is 2.22. The van der Waals surface area contributed by atoms with E-state index < -0.39 is 37.2 Å².